The molecule has 1 aliphatic rings. The van der Waals surface area contributed by atoms with E-state index in [0.29, 0.717) is 5.75 Å². The lowest BCUT2D eigenvalue weighted by Gasteiger charge is -2.42. The molecule has 0 amide bonds. The largest absolute Gasteiger partial charge is 0.493 e. The Hall–Kier alpha value is -2.07. The highest BCUT2D eigenvalue weighted by atomic mass is 32.2. The molecule has 0 saturated carbocycles. The third-order valence-corrected chi connectivity index (χ3v) is 7.20. The number of sulfone groups is 1. The zero-order chi connectivity index (χ0) is 22.2. The Labute approximate surface area is 182 Å². The standard InChI is InChI=1S/C26H34O3S/c1-19(17-20-7-10-22(11-8-20)29-15-16-30(6,27)28)21-9-12-23-24(18-21)26(4,5)14-13-25(23,2)3/h7-12,17-18H,13-16H2,1-6H3. The number of hydrogen-bond donors (Lipinski definition) is 0. The molecule has 2 aromatic carbocycles. The van der Waals surface area contributed by atoms with Gasteiger partial charge < -0.3 is 4.74 Å². The molecule has 0 bridgehead atoms. The molecule has 3 nitrogen and oxygen atoms in total. The van der Waals surface area contributed by atoms with Gasteiger partial charge in [0, 0.05) is 6.26 Å². The maximum Gasteiger partial charge on any atom is 0.150 e. The summed E-state index contributed by atoms with van der Waals surface area (Å²) in [5.74, 6) is 0.713. The van der Waals surface area contributed by atoms with Crippen molar-refractivity contribution in [2.24, 2.45) is 0 Å². The Balaban J connectivity index is 1.79. The van der Waals surface area contributed by atoms with Crippen LogP contribution in [0.1, 0.15) is 69.7 Å². The molecule has 30 heavy (non-hydrogen) atoms. The number of fused-ring (bicyclic) bond motifs is 1. The molecular formula is C26H34O3S. The van der Waals surface area contributed by atoms with Gasteiger partial charge in [0.2, 0.25) is 0 Å². The first-order valence-corrected chi connectivity index (χ1v) is 12.7. The van der Waals surface area contributed by atoms with Crippen molar-refractivity contribution in [3.05, 3.63) is 64.7 Å². The normalized spacial score (nSPS) is 18.0. The predicted molar refractivity (Wildman–Crippen MR) is 127 cm³/mol. The fourth-order valence-electron chi connectivity index (χ4n) is 4.14. The topological polar surface area (TPSA) is 43.4 Å². The molecule has 0 heterocycles. The van der Waals surface area contributed by atoms with E-state index in [2.05, 4.69) is 58.9 Å². The molecule has 1 aliphatic carbocycles. The van der Waals surface area contributed by atoms with E-state index in [4.69, 9.17) is 4.74 Å². The van der Waals surface area contributed by atoms with Gasteiger partial charge in [0.1, 0.15) is 12.4 Å². The highest BCUT2D eigenvalue weighted by molar-refractivity contribution is 7.90. The van der Waals surface area contributed by atoms with E-state index in [0.717, 1.165) is 5.56 Å². The fraction of sp³-hybridized carbons (Fsp3) is 0.462. The Bertz CT molecular complexity index is 1040. The Morgan fingerprint density at radius 3 is 2.17 bits per heavy atom. The second-order valence-corrected chi connectivity index (χ2v) is 12.2. The van der Waals surface area contributed by atoms with E-state index in [1.807, 2.05) is 24.3 Å². The van der Waals surface area contributed by atoms with E-state index in [1.54, 1.807) is 0 Å². The van der Waals surface area contributed by atoms with E-state index in [1.165, 1.54) is 41.4 Å². The second kappa shape index (κ2) is 8.22. The molecule has 162 valence electrons. The van der Waals surface area contributed by atoms with E-state index in [-0.39, 0.29) is 23.2 Å². The van der Waals surface area contributed by atoms with E-state index >= 15 is 0 Å². The quantitative estimate of drug-likeness (QED) is 0.531. The van der Waals surface area contributed by atoms with Crippen LogP contribution in [0.3, 0.4) is 0 Å². The van der Waals surface area contributed by atoms with Gasteiger partial charge in [-0.3, -0.25) is 0 Å². The molecule has 0 aliphatic heterocycles. The third-order valence-electron chi connectivity index (χ3n) is 6.29. The summed E-state index contributed by atoms with van der Waals surface area (Å²) in [6.45, 7) is 11.7. The van der Waals surface area contributed by atoms with Gasteiger partial charge in [-0.05, 0) is 70.6 Å². The van der Waals surface area contributed by atoms with Crippen LogP contribution in [-0.2, 0) is 20.7 Å². The molecular weight excluding hydrogens is 392 g/mol. The maximum atomic E-state index is 11.2. The molecule has 0 aromatic heterocycles. The zero-order valence-electron chi connectivity index (χ0n) is 19.1. The zero-order valence-corrected chi connectivity index (χ0v) is 19.9. The van der Waals surface area contributed by atoms with Gasteiger partial charge in [-0.2, -0.15) is 0 Å². The smallest absolute Gasteiger partial charge is 0.150 e. The van der Waals surface area contributed by atoms with Gasteiger partial charge in [-0.15, -0.1) is 0 Å². The van der Waals surface area contributed by atoms with Crippen LogP contribution in [0.2, 0.25) is 0 Å². The Morgan fingerprint density at radius 2 is 1.57 bits per heavy atom. The van der Waals surface area contributed by atoms with Crippen LogP contribution in [0.5, 0.6) is 5.75 Å². The lowest BCUT2D eigenvalue weighted by Crippen LogP contribution is -2.33. The number of allylic oxidation sites excluding steroid dienone is 1. The summed E-state index contributed by atoms with van der Waals surface area (Å²) in [6, 6.07) is 14.7. The maximum absolute atomic E-state index is 11.2. The number of hydrogen-bond acceptors (Lipinski definition) is 3. The Morgan fingerprint density at radius 1 is 0.967 bits per heavy atom. The minimum absolute atomic E-state index is 0.0270. The van der Waals surface area contributed by atoms with E-state index < -0.39 is 9.84 Å². The molecule has 0 radical (unpaired) electrons. The molecule has 0 spiro atoms. The van der Waals surface area contributed by atoms with E-state index in [9.17, 15) is 8.42 Å². The lowest BCUT2D eigenvalue weighted by molar-refractivity contribution is 0.332. The van der Waals surface area contributed by atoms with Crippen molar-refractivity contribution in [2.45, 2.75) is 58.3 Å². The molecule has 0 saturated heterocycles. The molecule has 0 unspecified atom stereocenters. The van der Waals surface area contributed by atoms with Crippen molar-refractivity contribution < 1.29 is 13.2 Å². The van der Waals surface area contributed by atoms with Gasteiger partial charge in [0.25, 0.3) is 0 Å². The second-order valence-electron chi connectivity index (χ2n) is 9.90. The van der Waals surface area contributed by atoms with Gasteiger partial charge in [0.05, 0.1) is 5.75 Å². The van der Waals surface area contributed by atoms with Crippen LogP contribution in [0.4, 0.5) is 0 Å². The van der Waals surface area contributed by atoms with Gasteiger partial charge in [-0.1, -0.05) is 64.1 Å². The summed E-state index contributed by atoms with van der Waals surface area (Å²) in [5, 5.41) is 0. The number of rotatable bonds is 6. The van der Waals surface area contributed by atoms with Crippen molar-refractivity contribution in [1.29, 1.82) is 0 Å². The summed E-state index contributed by atoms with van der Waals surface area (Å²) in [7, 11) is -3.01. The average molecular weight is 427 g/mol. The molecule has 0 N–H and O–H groups in total. The van der Waals surface area contributed by atoms with Crippen LogP contribution in [0, 0.1) is 0 Å². The summed E-state index contributed by atoms with van der Waals surface area (Å²) >= 11 is 0. The fourth-order valence-corrected chi connectivity index (χ4v) is 4.52. The van der Waals surface area contributed by atoms with Crippen molar-refractivity contribution in [3.63, 3.8) is 0 Å². The van der Waals surface area contributed by atoms with Crippen molar-refractivity contribution in [2.75, 3.05) is 18.6 Å². The Kier molecular flexibility index (Phi) is 6.20. The highest BCUT2D eigenvalue weighted by Gasteiger charge is 2.36. The third kappa shape index (κ3) is 5.34. The summed E-state index contributed by atoms with van der Waals surface area (Å²) < 4.78 is 27.9. The summed E-state index contributed by atoms with van der Waals surface area (Å²) in [6.07, 6.45) is 5.83. The van der Waals surface area contributed by atoms with Crippen LogP contribution in [-0.4, -0.2) is 27.0 Å². The highest BCUT2D eigenvalue weighted by Crippen LogP contribution is 2.46. The van der Waals surface area contributed by atoms with Crippen molar-refractivity contribution in [3.8, 4) is 5.75 Å². The SMILES string of the molecule is CC(=Cc1ccc(OCCS(C)(=O)=O)cc1)c1ccc2c(c1)C(C)(C)CCC2(C)C. The number of benzene rings is 2. The molecule has 3 rings (SSSR count). The first-order valence-electron chi connectivity index (χ1n) is 10.6. The van der Waals surface area contributed by atoms with Gasteiger partial charge in [0.15, 0.2) is 9.84 Å². The minimum atomic E-state index is -3.01. The number of ether oxygens (including phenoxy) is 1. The monoisotopic (exact) mass is 426 g/mol. The lowest BCUT2D eigenvalue weighted by atomic mass is 9.63. The van der Waals surface area contributed by atoms with Crippen molar-refractivity contribution in [1.82, 2.24) is 0 Å². The van der Waals surface area contributed by atoms with Crippen LogP contribution in [0.25, 0.3) is 11.6 Å². The van der Waals surface area contributed by atoms with Crippen LogP contribution < -0.4 is 4.74 Å². The summed E-state index contributed by atoms with van der Waals surface area (Å²) in [4.78, 5) is 0. The molecule has 4 heteroatoms. The average Bonchev–Trinajstić information content (AvgIpc) is 2.66. The van der Waals surface area contributed by atoms with Gasteiger partial charge in [-0.25, -0.2) is 8.42 Å². The van der Waals surface area contributed by atoms with Crippen LogP contribution in [0.15, 0.2) is 42.5 Å². The minimum Gasteiger partial charge on any atom is -0.493 e. The van der Waals surface area contributed by atoms with Crippen LogP contribution >= 0.6 is 0 Å². The molecule has 2 aromatic rings. The predicted octanol–water partition coefficient (Wildman–Crippen LogP) is 6.02. The summed E-state index contributed by atoms with van der Waals surface area (Å²) in [5.41, 5.74) is 6.96. The molecule has 0 fully saturated rings. The van der Waals surface area contributed by atoms with Crippen molar-refractivity contribution >= 4 is 21.5 Å². The molecule has 0 atom stereocenters. The first kappa shape index (κ1) is 22.6. The first-order chi connectivity index (χ1) is 13.9. The van der Waals surface area contributed by atoms with Gasteiger partial charge >= 0.3 is 0 Å².